The van der Waals surface area contributed by atoms with E-state index in [1.807, 2.05) is 29.6 Å². The number of aromatic nitrogens is 3. The molecule has 0 unspecified atom stereocenters. The third-order valence-electron chi connectivity index (χ3n) is 4.55. The Morgan fingerprint density at radius 2 is 2.00 bits per heavy atom. The molecule has 0 amide bonds. The van der Waals surface area contributed by atoms with Crippen molar-refractivity contribution < 1.29 is 4.74 Å². The Morgan fingerprint density at radius 1 is 1.16 bits per heavy atom. The standard InChI is InChI=1S/C23H26ClN5OS/c1-14(2)12-30-21-8-6-16(24)10-19(21)27-23-28-20(13-31-23)22-25-17-7-5-15(11-29(3)4)9-18(17)26-22/h5-10,13-14H,11-12H2,1-4H3,(H,25,26)(H,27,28). The summed E-state index contributed by atoms with van der Waals surface area (Å²) in [5.74, 6) is 1.94. The first kappa shape index (κ1) is 21.6. The molecular weight excluding hydrogens is 430 g/mol. The van der Waals surface area contributed by atoms with Crippen molar-refractivity contribution in [3.05, 3.63) is 52.4 Å². The molecule has 2 heterocycles. The number of hydrogen-bond acceptors (Lipinski definition) is 6. The van der Waals surface area contributed by atoms with Crippen LogP contribution in [0, 0.1) is 5.92 Å². The largest absolute Gasteiger partial charge is 0.491 e. The van der Waals surface area contributed by atoms with Crippen LogP contribution < -0.4 is 10.1 Å². The number of H-pyrrole nitrogens is 1. The summed E-state index contributed by atoms with van der Waals surface area (Å²) in [4.78, 5) is 15.0. The minimum absolute atomic E-state index is 0.432. The fourth-order valence-corrected chi connectivity index (χ4v) is 4.06. The highest BCUT2D eigenvalue weighted by molar-refractivity contribution is 7.14. The fraction of sp³-hybridized carbons (Fsp3) is 0.304. The molecule has 162 valence electrons. The number of nitrogens with one attached hydrogen (secondary N) is 2. The van der Waals surface area contributed by atoms with E-state index in [0.29, 0.717) is 17.5 Å². The van der Waals surface area contributed by atoms with Gasteiger partial charge in [-0.3, -0.25) is 0 Å². The lowest BCUT2D eigenvalue weighted by Gasteiger charge is -2.13. The van der Waals surface area contributed by atoms with Gasteiger partial charge in [0.2, 0.25) is 0 Å². The predicted octanol–water partition coefficient (Wildman–Crippen LogP) is 6.18. The van der Waals surface area contributed by atoms with E-state index in [1.54, 1.807) is 0 Å². The molecule has 31 heavy (non-hydrogen) atoms. The lowest BCUT2D eigenvalue weighted by atomic mass is 10.2. The van der Waals surface area contributed by atoms with Crippen LogP contribution in [0.1, 0.15) is 19.4 Å². The molecule has 4 rings (SSSR count). The van der Waals surface area contributed by atoms with E-state index in [9.17, 15) is 0 Å². The molecule has 8 heteroatoms. The molecule has 4 aromatic rings. The first-order valence-electron chi connectivity index (χ1n) is 10.2. The van der Waals surface area contributed by atoms with Crippen LogP contribution in [0.15, 0.2) is 41.8 Å². The van der Waals surface area contributed by atoms with Gasteiger partial charge in [0.05, 0.1) is 23.3 Å². The van der Waals surface area contributed by atoms with Gasteiger partial charge in [-0.1, -0.05) is 31.5 Å². The van der Waals surface area contributed by atoms with E-state index in [4.69, 9.17) is 26.3 Å². The first-order chi connectivity index (χ1) is 14.9. The second-order valence-corrected chi connectivity index (χ2v) is 9.48. The van der Waals surface area contributed by atoms with Crippen LogP contribution in [-0.2, 0) is 6.54 Å². The van der Waals surface area contributed by atoms with Gasteiger partial charge in [-0.25, -0.2) is 9.97 Å². The zero-order valence-electron chi connectivity index (χ0n) is 18.1. The molecule has 0 fully saturated rings. The van der Waals surface area contributed by atoms with Crippen molar-refractivity contribution in [2.75, 3.05) is 26.0 Å². The molecule has 6 nitrogen and oxygen atoms in total. The zero-order chi connectivity index (χ0) is 22.0. The molecule has 2 N–H and O–H groups in total. The SMILES string of the molecule is CC(C)COc1ccc(Cl)cc1Nc1nc(-c2nc3ccc(CN(C)C)cc3[nH]2)cs1. The normalized spacial score (nSPS) is 11.6. The number of anilines is 2. The second-order valence-electron chi connectivity index (χ2n) is 8.18. The van der Waals surface area contributed by atoms with Crippen molar-refractivity contribution in [3.63, 3.8) is 0 Å². The highest BCUT2D eigenvalue weighted by atomic mass is 35.5. The summed E-state index contributed by atoms with van der Waals surface area (Å²) >= 11 is 7.72. The fourth-order valence-electron chi connectivity index (χ4n) is 3.18. The van der Waals surface area contributed by atoms with E-state index >= 15 is 0 Å². The number of thiazole rings is 1. The number of ether oxygens (including phenoxy) is 1. The first-order valence-corrected chi connectivity index (χ1v) is 11.4. The molecule has 0 spiro atoms. The van der Waals surface area contributed by atoms with Crippen LogP contribution in [0.2, 0.25) is 5.02 Å². The van der Waals surface area contributed by atoms with Crippen LogP contribution in [0.5, 0.6) is 5.75 Å². The number of aromatic amines is 1. The maximum atomic E-state index is 6.21. The summed E-state index contributed by atoms with van der Waals surface area (Å²) in [6, 6.07) is 11.9. The molecule has 0 atom stereocenters. The van der Waals surface area contributed by atoms with Gasteiger partial charge in [0.15, 0.2) is 11.0 Å². The third kappa shape index (κ3) is 5.36. The van der Waals surface area contributed by atoms with Gasteiger partial charge in [-0.2, -0.15) is 0 Å². The van der Waals surface area contributed by atoms with Crippen LogP contribution in [0.4, 0.5) is 10.8 Å². The van der Waals surface area contributed by atoms with Crippen molar-refractivity contribution >= 4 is 44.8 Å². The van der Waals surface area contributed by atoms with E-state index in [-0.39, 0.29) is 0 Å². The molecule has 0 bridgehead atoms. The van der Waals surface area contributed by atoms with Gasteiger partial charge < -0.3 is 19.9 Å². The van der Waals surface area contributed by atoms with Gasteiger partial charge in [0, 0.05) is 16.9 Å². The molecule has 0 radical (unpaired) electrons. The third-order valence-corrected chi connectivity index (χ3v) is 5.54. The van der Waals surface area contributed by atoms with Crippen LogP contribution in [-0.4, -0.2) is 40.6 Å². The van der Waals surface area contributed by atoms with E-state index in [1.165, 1.54) is 16.9 Å². The Bertz CT molecular complexity index is 1180. The smallest absolute Gasteiger partial charge is 0.187 e. The molecular formula is C23H26ClN5OS. The van der Waals surface area contributed by atoms with Gasteiger partial charge in [0.25, 0.3) is 0 Å². The number of rotatable bonds is 8. The summed E-state index contributed by atoms with van der Waals surface area (Å²) in [5.41, 5.74) is 4.77. The summed E-state index contributed by atoms with van der Waals surface area (Å²) < 4.78 is 5.93. The zero-order valence-corrected chi connectivity index (χ0v) is 19.6. The number of hydrogen-bond donors (Lipinski definition) is 2. The Kier molecular flexibility index (Phi) is 6.46. The van der Waals surface area contributed by atoms with Gasteiger partial charge in [-0.15, -0.1) is 11.3 Å². The van der Waals surface area contributed by atoms with Gasteiger partial charge in [-0.05, 0) is 55.9 Å². The Morgan fingerprint density at radius 3 is 2.77 bits per heavy atom. The lowest BCUT2D eigenvalue weighted by Crippen LogP contribution is -2.10. The summed E-state index contributed by atoms with van der Waals surface area (Å²) in [6.45, 7) is 5.75. The van der Waals surface area contributed by atoms with Crippen molar-refractivity contribution in [1.82, 2.24) is 19.9 Å². The molecule has 2 aromatic heterocycles. The monoisotopic (exact) mass is 455 g/mol. The minimum Gasteiger partial charge on any atom is -0.491 e. The predicted molar refractivity (Wildman–Crippen MR) is 130 cm³/mol. The topological polar surface area (TPSA) is 66.1 Å². The number of imidazole rings is 1. The van der Waals surface area contributed by atoms with Gasteiger partial charge >= 0.3 is 0 Å². The van der Waals surface area contributed by atoms with E-state index in [0.717, 1.165) is 45.7 Å². The Hall–Kier alpha value is -2.61. The quantitative estimate of drug-likeness (QED) is 0.332. The van der Waals surface area contributed by atoms with Crippen molar-refractivity contribution in [2.24, 2.45) is 5.92 Å². The summed E-state index contributed by atoms with van der Waals surface area (Å²) in [6.07, 6.45) is 0. The molecule has 2 aromatic carbocycles. The highest BCUT2D eigenvalue weighted by Crippen LogP contribution is 2.33. The average Bonchev–Trinajstić information content (AvgIpc) is 3.33. The summed E-state index contributed by atoms with van der Waals surface area (Å²) in [7, 11) is 4.12. The highest BCUT2D eigenvalue weighted by Gasteiger charge is 2.13. The Balaban J connectivity index is 1.55. The second kappa shape index (κ2) is 9.26. The van der Waals surface area contributed by atoms with Gasteiger partial charge in [0.1, 0.15) is 11.4 Å². The molecule has 0 saturated carbocycles. The molecule has 0 aliphatic heterocycles. The maximum absolute atomic E-state index is 6.21. The lowest BCUT2D eigenvalue weighted by molar-refractivity contribution is 0.272. The van der Waals surface area contributed by atoms with E-state index in [2.05, 4.69) is 55.3 Å². The number of benzene rings is 2. The van der Waals surface area contributed by atoms with Crippen LogP contribution in [0.25, 0.3) is 22.6 Å². The maximum Gasteiger partial charge on any atom is 0.187 e. The minimum atomic E-state index is 0.432. The van der Waals surface area contributed by atoms with E-state index < -0.39 is 0 Å². The van der Waals surface area contributed by atoms with Crippen LogP contribution >= 0.6 is 22.9 Å². The number of halogens is 1. The number of fused-ring (bicyclic) bond motifs is 1. The average molecular weight is 456 g/mol. The summed E-state index contributed by atoms with van der Waals surface area (Å²) in [5, 5.41) is 6.72. The molecule has 0 aliphatic carbocycles. The van der Waals surface area contributed by atoms with Crippen molar-refractivity contribution in [1.29, 1.82) is 0 Å². The molecule has 0 aliphatic rings. The number of nitrogens with zero attached hydrogens (tertiary/aromatic N) is 3. The molecule has 0 saturated heterocycles. The van der Waals surface area contributed by atoms with Crippen molar-refractivity contribution in [3.8, 4) is 17.3 Å². The Labute approximate surface area is 191 Å². The van der Waals surface area contributed by atoms with Crippen molar-refractivity contribution in [2.45, 2.75) is 20.4 Å². The van der Waals surface area contributed by atoms with Crippen LogP contribution in [0.3, 0.4) is 0 Å².